The van der Waals surface area contributed by atoms with Crippen LogP contribution in [0.1, 0.15) is 28.6 Å². The van der Waals surface area contributed by atoms with Crippen molar-refractivity contribution in [3.63, 3.8) is 0 Å². The van der Waals surface area contributed by atoms with Crippen molar-refractivity contribution in [3.8, 4) is 0 Å². The van der Waals surface area contributed by atoms with Crippen molar-refractivity contribution < 1.29 is 4.79 Å². The number of benzene rings is 1. The number of nitrogens with zero attached hydrogens (tertiary/aromatic N) is 5. The Kier molecular flexibility index (Phi) is 3.60. The quantitative estimate of drug-likeness (QED) is 0.737. The molecule has 0 radical (unpaired) electrons. The molecule has 0 aliphatic carbocycles. The molecule has 1 aliphatic rings. The van der Waals surface area contributed by atoms with E-state index in [0.717, 1.165) is 24.5 Å². The summed E-state index contributed by atoms with van der Waals surface area (Å²) in [7, 11) is 1.55. The molecule has 0 fully saturated rings. The van der Waals surface area contributed by atoms with E-state index in [9.17, 15) is 9.59 Å². The lowest BCUT2D eigenvalue weighted by Gasteiger charge is -2.25. The number of carbonyl (C=O) groups is 1. The molecule has 1 atom stereocenters. The molecule has 1 aromatic carbocycles. The van der Waals surface area contributed by atoms with Crippen LogP contribution in [0.15, 0.2) is 29.1 Å². The lowest BCUT2D eigenvalue weighted by atomic mass is 10.1. The number of hydrogen-bond donors (Lipinski definition) is 1. The summed E-state index contributed by atoms with van der Waals surface area (Å²) in [5, 5.41) is 16.5. The largest absolute Gasteiger partial charge is 0.346 e. The number of hydrogen-bond acceptors (Lipinski definition) is 5. The molecular formula is C17H18N6O2. The third-order valence-corrected chi connectivity index (χ3v) is 4.64. The highest BCUT2D eigenvalue weighted by molar-refractivity contribution is 6.04. The maximum Gasteiger partial charge on any atom is 0.274 e. The van der Waals surface area contributed by atoms with Gasteiger partial charge in [0.15, 0.2) is 5.69 Å². The van der Waals surface area contributed by atoms with Gasteiger partial charge in [-0.25, -0.2) is 4.68 Å². The van der Waals surface area contributed by atoms with Crippen LogP contribution in [0.4, 0.5) is 0 Å². The molecule has 1 N–H and O–H groups in total. The van der Waals surface area contributed by atoms with Crippen LogP contribution in [0.5, 0.6) is 0 Å². The van der Waals surface area contributed by atoms with E-state index in [2.05, 4.69) is 20.6 Å². The predicted octanol–water partition coefficient (Wildman–Crippen LogP) is 0.578. The number of aryl methyl sites for hydroxylation is 3. The molecule has 8 nitrogen and oxygen atoms in total. The van der Waals surface area contributed by atoms with Crippen molar-refractivity contribution in [1.82, 2.24) is 29.9 Å². The first-order valence-electron chi connectivity index (χ1n) is 8.20. The number of amides is 1. The van der Waals surface area contributed by atoms with E-state index >= 15 is 0 Å². The molecule has 3 aromatic rings. The van der Waals surface area contributed by atoms with Crippen LogP contribution in [0, 0.1) is 6.92 Å². The molecule has 25 heavy (non-hydrogen) atoms. The Morgan fingerprint density at radius 1 is 1.24 bits per heavy atom. The molecule has 0 unspecified atom stereocenters. The van der Waals surface area contributed by atoms with Crippen LogP contribution in [0.3, 0.4) is 0 Å². The average Bonchev–Trinajstić information content (AvgIpc) is 2.99. The molecule has 3 heterocycles. The maximum absolute atomic E-state index is 12.8. The SMILES string of the molecule is Cc1nnc2n1C[C@@H](NC(=O)c1nn(C)c(=O)c3ccccc13)CC2. The molecular weight excluding hydrogens is 320 g/mol. The standard InChI is InChI=1S/C17H18N6O2/c1-10-19-20-14-8-7-11(9-23(10)14)18-16(24)15-12-5-3-4-6-13(12)17(25)22(2)21-15/h3-6,11H,7-9H2,1-2H3,(H,18,24)/t11-/m0/s1. The molecule has 8 heteroatoms. The van der Waals surface area contributed by atoms with Gasteiger partial charge in [-0.15, -0.1) is 10.2 Å². The van der Waals surface area contributed by atoms with E-state index < -0.39 is 0 Å². The van der Waals surface area contributed by atoms with Gasteiger partial charge >= 0.3 is 0 Å². The zero-order chi connectivity index (χ0) is 17.6. The maximum atomic E-state index is 12.8. The van der Waals surface area contributed by atoms with Crippen molar-refractivity contribution in [2.75, 3.05) is 0 Å². The minimum absolute atomic E-state index is 0.0208. The average molecular weight is 338 g/mol. The number of nitrogens with one attached hydrogen (secondary N) is 1. The predicted molar refractivity (Wildman–Crippen MR) is 91.3 cm³/mol. The van der Waals surface area contributed by atoms with Crippen LogP contribution >= 0.6 is 0 Å². The molecule has 1 aliphatic heterocycles. The van der Waals surface area contributed by atoms with Crippen LogP contribution in [0.2, 0.25) is 0 Å². The van der Waals surface area contributed by atoms with E-state index in [4.69, 9.17) is 0 Å². The van der Waals surface area contributed by atoms with Gasteiger partial charge in [0.25, 0.3) is 11.5 Å². The van der Waals surface area contributed by atoms with Crippen molar-refractivity contribution in [2.45, 2.75) is 32.4 Å². The van der Waals surface area contributed by atoms with E-state index in [1.54, 1.807) is 31.3 Å². The fourth-order valence-corrected chi connectivity index (χ4v) is 3.30. The van der Waals surface area contributed by atoms with E-state index in [1.807, 2.05) is 11.5 Å². The summed E-state index contributed by atoms with van der Waals surface area (Å²) in [5.74, 6) is 1.53. The number of rotatable bonds is 2. The van der Waals surface area contributed by atoms with Crippen LogP contribution < -0.4 is 10.9 Å². The number of carbonyl (C=O) groups excluding carboxylic acids is 1. The fourth-order valence-electron chi connectivity index (χ4n) is 3.30. The first-order chi connectivity index (χ1) is 12.0. The van der Waals surface area contributed by atoms with Gasteiger partial charge in [0, 0.05) is 31.4 Å². The molecule has 0 spiro atoms. The normalized spacial score (nSPS) is 16.6. The monoisotopic (exact) mass is 338 g/mol. The summed E-state index contributed by atoms with van der Waals surface area (Å²) < 4.78 is 3.24. The van der Waals surface area contributed by atoms with Gasteiger partial charge in [-0.05, 0) is 19.4 Å². The van der Waals surface area contributed by atoms with Crippen molar-refractivity contribution in [3.05, 3.63) is 52.0 Å². The van der Waals surface area contributed by atoms with E-state index in [1.165, 1.54) is 4.68 Å². The Balaban J connectivity index is 1.64. The Hall–Kier alpha value is -3.03. The summed E-state index contributed by atoms with van der Waals surface area (Å²) >= 11 is 0. The lowest BCUT2D eigenvalue weighted by Crippen LogP contribution is -2.42. The zero-order valence-electron chi connectivity index (χ0n) is 14.1. The minimum Gasteiger partial charge on any atom is -0.346 e. The van der Waals surface area contributed by atoms with E-state index in [0.29, 0.717) is 17.3 Å². The molecule has 0 saturated heterocycles. The summed E-state index contributed by atoms with van der Waals surface area (Å²) in [6, 6.07) is 7.02. The molecule has 4 rings (SSSR count). The van der Waals surface area contributed by atoms with Crippen LogP contribution in [-0.4, -0.2) is 36.5 Å². The van der Waals surface area contributed by atoms with Gasteiger partial charge in [0.2, 0.25) is 0 Å². The smallest absolute Gasteiger partial charge is 0.274 e. The van der Waals surface area contributed by atoms with E-state index in [-0.39, 0.29) is 23.2 Å². The van der Waals surface area contributed by atoms with Gasteiger partial charge < -0.3 is 9.88 Å². The Bertz CT molecular complexity index is 1040. The molecule has 2 aromatic heterocycles. The second-order valence-electron chi connectivity index (χ2n) is 6.31. The van der Waals surface area contributed by atoms with Crippen molar-refractivity contribution >= 4 is 16.7 Å². The molecule has 0 saturated carbocycles. The third-order valence-electron chi connectivity index (χ3n) is 4.64. The first kappa shape index (κ1) is 15.5. The second-order valence-corrected chi connectivity index (χ2v) is 6.31. The topological polar surface area (TPSA) is 94.7 Å². The highest BCUT2D eigenvalue weighted by atomic mass is 16.2. The summed E-state index contributed by atoms with van der Waals surface area (Å²) in [6.07, 6.45) is 1.57. The van der Waals surface area contributed by atoms with Crippen LogP contribution in [-0.2, 0) is 20.0 Å². The minimum atomic E-state index is -0.272. The van der Waals surface area contributed by atoms with Gasteiger partial charge in [-0.1, -0.05) is 18.2 Å². The Labute approximate surface area is 143 Å². The van der Waals surface area contributed by atoms with Gasteiger partial charge in [0.05, 0.1) is 5.39 Å². The van der Waals surface area contributed by atoms with Crippen molar-refractivity contribution in [1.29, 1.82) is 0 Å². The molecule has 1 amide bonds. The van der Waals surface area contributed by atoms with Gasteiger partial charge in [-0.2, -0.15) is 5.10 Å². The first-order valence-corrected chi connectivity index (χ1v) is 8.20. The van der Waals surface area contributed by atoms with Gasteiger partial charge in [0.1, 0.15) is 11.6 Å². The summed E-state index contributed by atoms with van der Waals surface area (Å²) in [6.45, 7) is 2.55. The number of fused-ring (bicyclic) bond motifs is 2. The lowest BCUT2D eigenvalue weighted by molar-refractivity contribution is 0.0922. The highest BCUT2D eigenvalue weighted by Crippen LogP contribution is 2.17. The summed E-state index contributed by atoms with van der Waals surface area (Å²) in [5.41, 5.74) is 0.0542. The van der Waals surface area contributed by atoms with Crippen LogP contribution in [0.25, 0.3) is 10.8 Å². The van der Waals surface area contributed by atoms with Crippen molar-refractivity contribution in [2.24, 2.45) is 7.05 Å². The second kappa shape index (κ2) is 5.80. The number of aromatic nitrogens is 5. The Morgan fingerprint density at radius 3 is 2.80 bits per heavy atom. The van der Waals surface area contributed by atoms with Gasteiger partial charge in [-0.3, -0.25) is 9.59 Å². The Morgan fingerprint density at radius 2 is 2.00 bits per heavy atom. The fraction of sp³-hybridized carbons (Fsp3) is 0.353. The molecule has 0 bridgehead atoms. The molecule has 128 valence electrons. The summed E-state index contributed by atoms with van der Waals surface area (Å²) in [4.78, 5) is 25.0. The zero-order valence-corrected chi connectivity index (χ0v) is 14.1. The highest BCUT2D eigenvalue weighted by Gasteiger charge is 2.24. The third kappa shape index (κ3) is 2.59.